The van der Waals surface area contributed by atoms with E-state index in [4.69, 9.17) is 5.73 Å². The molecule has 90 valence electrons. The molecule has 0 bridgehead atoms. The van der Waals surface area contributed by atoms with E-state index in [1.54, 1.807) is 0 Å². The fourth-order valence-corrected chi connectivity index (χ4v) is 1.27. The molecule has 0 aliphatic heterocycles. The zero-order valence-corrected chi connectivity index (χ0v) is 9.14. The highest BCUT2D eigenvalue weighted by atomic mass is 16.2. The van der Waals surface area contributed by atoms with Gasteiger partial charge in [-0.1, -0.05) is 0 Å². The first kappa shape index (κ1) is 11.3. The molecule has 1 aliphatic carbocycles. The number of amides is 2. The van der Waals surface area contributed by atoms with Gasteiger partial charge in [0.25, 0.3) is 5.91 Å². The summed E-state index contributed by atoms with van der Waals surface area (Å²) < 4.78 is 0. The van der Waals surface area contributed by atoms with Crippen LogP contribution in [0.1, 0.15) is 23.3 Å². The highest BCUT2D eigenvalue weighted by molar-refractivity contribution is 5.98. The molecule has 1 fully saturated rings. The van der Waals surface area contributed by atoms with Gasteiger partial charge >= 0.3 is 0 Å². The molecule has 7 heteroatoms. The summed E-state index contributed by atoms with van der Waals surface area (Å²) in [5.74, 6) is -0.655. The summed E-state index contributed by atoms with van der Waals surface area (Å²) in [6, 6.07) is 0.279. The lowest BCUT2D eigenvalue weighted by Gasteiger charge is -2.06. The minimum atomic E-state index is -0.499. The van der Waals surface area contributed by atoms with Crippen LogP contribution in [-0.2, 0) is 4.79 Å². The van der Waals surface area contributed by atoms with E-state index < -0.39 is 5.91 Å². The minimum absolute atomic E-state index is 0.0340. The average molecular weight is 235 g/mol. The molecule has 1 heterocycles. The summed E-state index contributed by atoms with van der Waals surface area (Å²) in [5, 5.41) is 5.19. The molecule has 0 aromatic carbocycles. The summed E-state index contributed by atoms with van der Waals surface area (Å²) in [7, 11) is 0. The Hall–Kier alpha value is -2.18. The first-order valence-corrected chi connectivity index (χ1v) is 5.31. The molecule has 1 aliphatic rings. The molecule has 1 saturated carbocycles. The number of hydrogen-bond acceptors (Lipinski definition) is 5. The second-order valence-electron chi connectivity index (χ2n) is 3.81. The predicted octanol–water partition coefficient (Wildman–Crippen LogP) is -0.933. The molecule has 4 N–H and O–H groups in total. The van der Waals surface area contributed by atoms with Crippen LogP contribution >= 0.6 is 0 Å². The summed E-state index contributed by atoms with van der Waals surface area (Å²) in [5.41, 5.74) is 5.52. The van der Waals surface area contributed by atoms with Crippen LogP contribution in [0.4, 0.5) is 5.82 Å². The number of hydrogen-bond donors (Lipinski definition) is 3. The van der Waals surface area contributed by atoms with Crippen molar-refractivity contribution in [1.82, 2.24) is 20.6 Å². The van der Waals surface area contributed by atoms with Crippen molar-refractivity contribution in [3.63, 3.8) is 0 Å². The summed E-state index contributed by atoms with van der Waals surface area (Å²) in [6.45, 7) is -0.0780. The molecule has 1 aromatic rings. The maximum absolute atomic E-state index is 11.6. The van der Waals surface area contributed by atoms with Gasteiger partial charge in [0.2, 0.25) is 5.91 Å². The zero-order valence-electron chi connectivity index (χ0n) is 9.14. The van der Waals surface area contributed by atoms with E-state index in [2.05, 4.69) is 20.6 Å². The van der Waals surface area contributed by atoms with Gasteiger partial charge in [-0.3, -0.25) is 9.59 Å². The van der Waals surface area contributed by atoms with Crippen LogP contribution in [0.15, 0.2) is 12.4 Å². The van der Waals surface area contributed by atoms with Crippen LogP contribution in [0.25, 0.3) is 0 Å². The standard InChI is InChI=1S/C10H13N5O2/c11-9-8(12-3-4-13-9)10(17)14-5-7(16)15-6-1-2-6/h3-4,6H,1-2,5H2,(H2,11,13)(H,14,17)(H,15,16). The molecule has 1 aromatic heterocycles. The first-order chi connectivity index (χ1) is 8.16. The lowest BCUT2D eigenvalue weighted by Crippen LogP contribution is -2.38. The Balaban J connectivity index is 1.84. The van der Waals surface area contributed by atoms with Crippen LogP contribution in [0.2, 0.25) is 0 Å². The SMILES string of the molecule is Nc1nccnc1C(=O)NCC(=O)NC1CC1. The molecular formula is C10H13N5O2. The molecular weight excluding hydrogens is 222 g/mol. The van der Waals surface area contributed by atoms with Crippen LogP contribution < -0.4 is 16.4 Å². The third-order valence-electron chi connectivity index (χ3n) is 2.29. The smallest absolute Gasteiger partial charge is 0.274 e. The van der Waals surface area contributed by atoms with Crippen molar-refractivity contribution in [2.75, 3.05) is 12.3 Å². The van der Waals surface area contributed by atoms with Crippen molar-refractivity contribution in [3.8, 4) is 0 Å². The van der Waals surface area contributed by atoms with Gasteiger partial charge in [-0.25, -0.2) is 9.97 Å². The Morgan fingerprint density at radius 1 is 1.35 bits per heavy atom. The van der Waals surface area contributed by atoms with E-state index in [0.717, 1.165) is 12.8 Å². The Labute approximate surface area is 97.8 Å². The summed E-state index contributed by atoms with van der Waals surface area (Å²) >= 11 is 0. The van der Waals surface area contributed by atoms with Gasteiger partial charge in [-0.2, -0.15) is 0 Å². The van der Waals surface area contributed by atoms with Crippen molar-refractivity contribution >= 4 is 17.6 Å². The van der Waals surface area contributed by atoms with Gasteiger partial charge in [0.15, 0.2) is 11.5 Å². The average Bonchev–Trinajstić information content (AvgIpc) is 3.10. The van der Waals surface area contributed by atoms with E-state index in [0.29, 0.717) is 0 Å². The maximum atomic E-state index is 11.6. The van der Waals surface area contributed by atoms with Crippen molar-refractivity contribution in [1.29, 1.82) is 0 Å². The second kappa shape index (κ2) is 4.77. The summed E-state index contributed by atoms with van der Waals surface area (Å²) in [6.07, 6.45) is 4.79. The first-order valence-electron chi connectivity index (χ1n) is 5.31. The number of carbonyl (C=O) groups is 2. The molecule has 2 rings (SSSR count). The number of anilines is 1. The number of nitrogens with one attached hydrogen (secondary N) is 2. The predicted molar refractivity (Wildman–Crippen MR) is 59.9 cm³/mol. The molecule has 7 nitrogen and oxygen atoms in total. The van der Waals surface area contributed by atoms with E-state index in [9.17, 15) is 9.59 Å². The second-order valence-corrected chi connectivity index (χ2v) is 3.81. The summed E-state index contributed by atoms with van der Waals surface area (Å²) in [4.78, 5) is 30.5. The largest absolute Gasteiger partial charge is 0.382 e. The van der Waals surface area contributed by atoms with Gasteiger partial charge in [0.1, 0.15) is 0 Å². The van der Waals surface area contributed by atoms with Crippen LogP contribution in [0.5, 0.6) is 0 Å². The van der Waals surface area contributed by atoms with Gasteiger partial charge in [0, 0.05) is 18.4 Å². The van der Waals surface area contributed by atoms with Gasteiger partial charge in [-0.15, -0.1) is 0 Å². The van der Waals surface area contributed by atoms with Crippen molar-refractivity contribution in [2.45, 2.75) is 18.9 Å². The molecule has 17 heavy (non-hydrogen) atoms. The van der Waals surface area contributed by atoms with E-state index in [1.807, 2.05) is 0 Å². The quantitative estimate of drug-likeness (QED) is 0.624. The Morgan fingerprint density at radius 3 is 2.71 bits per heavy atom. The number of nitrogen functional groups attached to an aromatic ring is 1. The fourth-order valence-electron chi connectivity index (χ4n) is 1.27. The maximum Gasteiger partial charge on any atom is 0.274 e. The minimum Gasteiger partial charge on any atom is -0.382 e. The van der Waals surface area contributed by atoms with Crippen LogP contribution in [0.3, 0.4) is 0 Å². The van der Waals surface area contributed by atoms with Crippen LogP contribution in [0, 0.1) is 0 Å². The molecule has 2 amide bonds. The third-order valence-corrected chi connectivity index (χ3v) is 2.29. The number of nitrogens with zero attached hydrogens (tertiary/aromatic N) is 2. The number of rotatable bonds is 4. The topological polar surface area (TPSA) is 110 Å². The van der Waals surface area contributed by atoms with E-state index in [-0.39, 0.29) is 30.0 Å². The number of aromatic nitrogens is 2. The normalized spacial score (nSPS) is 14.1. The molecule has 0 atom stereocenters. The van der Waals surface area contributed by atoms with Crippen molar-refractivity contribution in [3.05, 3.63) is 18.1 Å². The highest BCUT2D eigenvalue weighted by Gasteiger charge is 2.23. The monoisotopic (exact) mass is 235 g/mol. The molecule has 0 unspecified atom stereocenters. The highest BCUT2D eigenvalue weighted by Crippen LogP contribution is 2.18. The molecule has 0 saturated heterocycles. The molecule has 0 radical (unpaired) electrons. The van der Waals surface area contributed by atoms with Crippen LogP contribution in [-0.4, -0.2) is 34.4 Å². The lowest BCUT2D eigenvalue weighted by atomic mass is 10.3. The zero-order chi connectivity index (χ0) is 12.3. The van der Waals surface area contributed by atoms with Gasteiger partial charge in [0.05, 0.1) is 6.54 Å². The third kappa shape index (κ3) is 3.13. The van der Waals surface area contributed by atoms with E-state index >= 15 is 0 Å². The van der Waals surface area contributed by atoms with Crippen molar-refractivity contribution < 1.29 is 9.59 Å². The lowest BCUT2D eigenvalue weighted by molar-refractivity contribution is -0.120. The molecule has 0 spiro atoms. The Kier molecular flexibility index (Phi) is 3.17. The van der Waals surface area contributed by atoms with E-state index in [1.165, 1.54) is 12.4 Å². The van der Waals surface area contributed by atoms with Gasteiger partial charge in [-0.05, 0) is 12.8 Å². The fraction of sp³-hybridized carbons (Fsp3) is 0.400. The number of carbonyl (C=O) groups excluding carboxylic acids is 2. The Bertz CT molecular complexity index is 444. The Morgan fingerprint density at radius 2 is 2.06 bits per heavy atom. The number of nitrogens with two attached hydrogens (primary N) is 1. The van der Waals surface area contributed by atoms with Gasteiger partial charge < -0.3 is 16.4 Å². The van der Waals surface area contributed by atoms with Crippen molar-refractivity contribution in [2.24, 2.45) is 0 Å².